The number of thiophene rings is 1. The molecule has 2 N–H and O–H groups in total. The number of carboxylic acids is 1. The summed E-state index contributed by atoms with van der Waals surface area (Å²) in [4.78, 5) is 12.0. The zero-order chi connectivity index (χ0) is 12.1. The number of rotatable bonds is 5. The lowest BCUT2D eigenvalue weighted by atomic mass is 10.3. The van der Waals surface area contributed by atoms with Crippen LogP contribution in [0.5, 0.6) is 0 Å². The Labute approximate surface area is 102 Å². The third-order valence-corrected chi connectivity index (χ3v) is 3.18. The monoisotopic (exact) mass is 249 g/mol. The van der Waals surface area contributed by atoms with Gasteiger partial charge in [0.25, 0.3) is 0 Å². The minimum atomic E-state index is -0.879. The highest BCUT2D eigenvalue weighted by atomic mass is 32.1. The molecule has 2 rings (SSSR count). The molecule has 2 aromatic rings. The number of carboxylic acid groups (broad SMARTS) is 1. The Bertz CT molecular complexity index is 498. The molecule has 0 aliphatic heterocycles. The number of nitrogens with zero attached hydrogens (tertiary/aromatic N) is 2. The smallest absolute Gasteiger partial charge is 0.345 e. The van der Waals surface area contributed by atoms with Gasteiger partial charge in [-0.3, -0.25) is 0 Å². The molecular weight excluding hydrogens is 238 g/mol. The molecule has 0 spiro atoms. The van der Waals surface area contributed by atoms with Gasteiger partial charge in [0, 0.05) is 24.2 Å². The molecule has 0 unspecified atom stereocenters. The first-order valence-electron chi connectivity index (χ1n) is 5.05. The van der Waals surface area contributed by atoms with Crippen LogP contribution >= 0.6 is 11.3 Å². The number of carbonyl (C=O) groups is 1. The fourth-order valence-corrected chi connectivity index (χ4v) is 2.15. The van der Waals surface area contributed by atoms with Crippen LogP contribution in [0.15, 0.2) is 30.5 Å². The maximum Gasteiger partial charge on any atom is 0.345 e. The van der Waals surface area contributed by atoms with Crippen LogP contribution in [0.2, 0.25) is 0 Å². The quantitative estimate of drug-likeness (QED) is 0.840. The van der Waals surface area contributed by atoms with Gasteiger partial charge in [-0.2, -0.15) is 10.2 Å². The molecule has 2 heterocycles. The van der Waals surface area contributed by atoms with Gasteiger partial charge in [0.05, 0.1) is 5.69 Å². The summed E-state index contributed by atoms with van der Waals surface area (Å²) in [5, 5.41) is 19.7. The molecule has 2 aromatic heterocycles. The first-order valence-corrected chi connectivity index (χ1v) is 5.86. The minimum Gasteiger partial charge on any atom is -0.477 e. The molecule has 0 bridgehead atoms. The molecule has 0 aliphatic rings. The highest BCUT2D eigenvalue weighted by molar-refractivity contribution is 7.13. The van der Waals surface area contributed by atoms with E-state index in [1.165, 1.54) is 11.3 Å². The summed E-state index contributed by atoms with van der Waals surface area (Å²) in [6, 6.07) is 7.15. The van der Waals surface area contributed by atoms with E-state index in [9.17, 15) is 4.79 Å². The van der Waals surface area contributed by atoms with E-state index in [1.54, 1.807) is 12.3 Å². The number of hydrogen-bond acceptors (Lipinski definition) is 5. The van der Waals surface area contributed by atoms with E-state index < -0.39 is 5.97 Å². The van der Waals surface area contributed by atoms with Crippen molar-refractivity contribution in [3.8, 4) is 0 Å². The van der Waals surface area contributed by atoms with Crippen molar-refractivity contribution >= 4 is 17.3 Å². The van der Waals surface area contributed by atoms with Gasteiger partial charge in [-0.15, -0.1) is 11.3 Å². The van der Waals surface area contributed by atoms with Crippen molar-refractivity contribution < 1.29 is 9.90 Å². The predicted molar refractivity (Wildman–Crippen MR) is 63.9 cm³/mol. The highest BCUT2D eigenvalue weighted by Gasteiger charge is 2.06. The molecule has 17 heavy (non-hydrogen) atoms. The van der Waals surface area contributed by atoms with Crippen molar-refractivity contribution in [3.05, 3.63) is 45.9 Å². The molecular formula is C11H11N3O2S. The molecule has 0 radical (unpaired) electrons. The Hall–Kier alpha value is -1.79. The Morgan fingerprint density at radius 1 is 1.35 bits per heavy atom. The van der Waals surface area contributed by atoms with Crippen LogP contribution in [0.1, 0.15) is 20.2 Å². The van der Waals surface area contributed by atoms with Gasteiger partial charge in [0.2, 0.25) is 0 Å². The predicted octanol–water partition coefficient (Wildman–Crippen LogP) is 1.53. The van der Waals surface area contributed by atoms with Crippen LogP contribution in [0.3, 0.4) is 0 Å². The Morgan fingerprint density at radius 2 is 2.24 bits per heavy atom. The Balaban J connectivity index is 1.84. The second-order valence-electron chi connectivity index (χ2n) is 3.39. The standard InChI is InChI=1S/C11H11N3O2S/c15-11(16)10-4-3-9(17-10)7-12-6-8-2-1-5-13-14-8/h1-5,12H,6-7H2,(H,15,16). The van der Waals surface area contributed by atoms with E-state index in [1.807, 2.05) is 18.2 Å². The SMILES string of the molecule is O=C(O)c1ccc(CNCc2cccnn2)s1. The van der Waals surface area contributed by atoms with Gasteiger partial charge >= 0.3 is 5.97 Å². The molecule has 0 saturated heterocycles. The van der Waals surface area contributed by atoms with Gasteiger partial charge in [-0.1, -0.05) is 0 Å². The normalized spacial score (nSPS) is 10.4. The van der Waals surface area contributed by atoms with E-state index >= 15 is 0 Å². The van der Waals surface area contributed by atoms with Crippen molar-refractivity contribution in [1.29, 1.82) is 0 Å². The Morgan fingerprint density at radius 3 is 2.88 bits per heavy atom. The molecule has 5 nitrogen and oxygen atoms in total. The van der Waals surface area contributed by atoms with E-state index in [4.69, 9.17) is 5.11 Å². The van der Waals surface area contributed by atoms with Gasteiger partial charge in [0.1, 0.15) is 4.88 Å². The molecule has 0 fully saturated rings. The molecule has 0 aromatic carbocycles. The largest absolute Gasteiger partial charge is 0.477 e. The number of aromatic carboxylic acids is 1. The number of nitrogens with one attached hydrogen (secondary N) is 1. The van der Waals surface area contributed by atoms with Crippen LogP contribution in [0.4, 0.5) is 0 Å². The third kappa shape index (κ3) is 3.33. The van der Waals surface area contributed by atoms with Crippen molar-refractivity contribution in [2.24, 2.45) is 0 Å². The zero-order valence-corrected chi connectivity index (χ0v) is 9.78. The van der Waals surface area contributed by atoms with E-state index in [0.29, 0.717) is 18.0 Å². The van der Waals surface area contributed by atoms with Gasteiger partial charge < -0.3 is 10.4 Å². The van der Waals surface area contributed by atoms with Crippen molar-refractivity contribution in [1.82, 2.24) is 15.5 Å². The van der Waals surface area contributed by atoms with Crippen LogP contribution in [-0.2, 0) is 13.1 Å². The van der Waals surface area contributed by atoms with Crippen LogP contribution in [-0.4, -0.2) is 21.3 Å². The van der Waals surface area contributed by atoms with E-state index in [-0.39, 0.29) is 0 Å². The average molecular weight is 249 g/mol. The summed E-state index contributed by atoms with van der Waals surface area (Å²) in [7, 11) is 0. The fraction of sp³-hybridized carbons (Fsp3) is 0.182. The van der Waals surface area contributed by atoms with Crippen LogP contribution in [0, 0.1) is 0 Å². The molecule has 88 valence electrons. The van der Waals surface area contributed by atoms with Gasteiger partial charge in [-0.25, -0.2) is 4.79 Å². The minimum absolute atomic E-state index is 0.362. The molecule has 0 atom stereocenters. The first-order chi connectivity index (χ1) is 8.25. The highest BCUT2D eigenvalue weighted by Crippen LogP contribution is 2.16. The molecule has 0 aliphatic carbocycles. The Kier molecular flexibility index (Phi) is 3.79. The second kappa shape index (κ2) is 5.51. The zero-order valence-electron chi connectivity index (χ0n) is 8.96. The maximum atomic E-state index is 10.7. The molecule has 6 heteroatoms. The average Bonchev–Trinajstić information content (AvgIpc) is 2.79. The van der Waals surface area contributed by atoms with Crippen molar-refractivity contribution in [3.63, 3.8) is 0 Å². The van der Waals surface area contributed by atoms with Crippen LogP contribution in [0.25, 0.3) is 0 Å². The van der Waals surface area contributed by atoms with E-state index in [0.717, 1.165) is 10.6 Å². The maximum absolute atomic E-state index is 10.7. The van der Waals surface area contributed by atoms with Crippen LogP contribution < -0.4 is 5.32 Å². The van der Waals surface area contributed by atoms with Gasteiger partial charge in [-0.05, 0) is 24.3 Å². The molecule has 0 saturated carbocycles. The first kappa shape index (κ1) is 11.7. The summed E-state index contributed by atoms with van der Waals surface area (Å²) >= 11 is 1.28. The fourth-order valence-electron chi connectivity index (χ4n) is 1.33. The second-order valence-corrected chi connectivity index (χ2v) is 4.56. The summed E-state index contributed by atoms with van der Waals surface area (Å²) < 4.78 is 0. The van der Waals surface area contributed by atoms with Crippen molar-refractivity contribution in [2.45, 2.75) is 13.1 Å². The lowest BCUT2D eigenvalue weighted by Gasteiger charge is -2.00. The van der Waals surface area contributed by atoms with Gasteiger partial charge in [0.15, 0.2) is 0 Å². The number of hydrogen-bond donors (Lipinski definition) is 2. The lowest BCUT2D eigenvalue weighted by molar-refractivity contribution is 0.0702. The topological polar surface area (TPSA) is 75.1 Å². The lowest BCUT2D eigenvalue weighted by Crippen LogP contribution is -2.13. The summed E-state index contributed by atoms with van der Waals surface area (Å²) in [6.45, 7) is 1.25. The summed E-state index contributed by atoms with van der Waals surface area (Å²) in [6.07, 6.45) is 1.63. The third-order valence-electron chi connectivity index (χ3n) is 2.11. The number of aromatic nitrogens is 2. The summed E-state index contributed by atoms with van der Waals surface area (Å²) in [5.74, 6) is -0.879. The molecule has 0 amide bonds. The van der Waals surface area contributed by atoms with Crippen molar-refractivity contribution in [2.75, 3.05) is 0 Å². The van der Waals surface area contributed by atoms with E-state index in [2.05, 4.69) is 15.5 Å². The summed E-state index contributed by atoms with van der Waals surface area (Å²) in [5.41, 5.74) is 0.863.